The number of fused-ring (bicyclic) bond motifs is 2. The number of hydrogen-bond donors (Lipinski definition) is 2. The van der Waals surface area contributed by atoms with Crippen LogP contribution in [0.5, 0.6) is 5.75 Å². The predicted octanol–water partition coefficient (Wildman–Crippen LogP) is 4.05. The number of hydrogen-bond acceptors (Lipinski definition) is 7. The molecule has 2 aliphatic rings. The normalized spacial score (nSPS) is 16.7. The Labute approximate surface area is 185 Å². The van der Waals surface area contributed by atoms with Crippen molar-refractivity contribution in [3.8, 4) is 5.75 Å². The molecule has 2 N–H and O–H groups in total. The Bertz CT molecular complexity index is 1160. The minimum atomic E-state index is -0.279. The van der Waals surface area contributed by atoms with Crippen LogP contribution in [0.25, 0.3) is 0 Å². The van der Waals surface area contributed by atoms with Gasteiger partial charge in [0.2, 0.25) is 0 Å². The molecule has 31 heavy (non-hydrogen) atoms. The number of pyridine rings is 1. The van der Waals surface area contributed by atoms with Crippen LogP contribution in [0.15, 0.2) is 36.4 Å². The molecule has 0 atom stereocenters. The molecule has 0 saturated carbocycles. The Kier molecular flexibility index (Phi) is 4.81. The van der Waals surface area contributed by atoms with Gasteiger partial charge in [-0.1, -0.05) is 17.4 Å². The molecule has 0 spiro atoms. The van der Waals surface area contributed by atoms with Gasteiger partial charge in [0.15, 0.2) is 5.13 Å². The monoisotopic (exact) mass is 435 g/mol. The van der Waals surface area contributed by atoms with Crippen molar-refractivity contribution in [3.05, 3.63) is 58.4 Å². The maximum absolute atomic E-state index is 12.5. The number of benzene rings is 1. The highest BCUT2D eigenvalue weighted by atomic mass is 32.1. The van der Waals surface area contributed by atoms with E-state index in [4.69, 9.17) is 9.72 Å². The van der Waals surface area contributed by atoms with Crippen molar-refractivity contribution in [1.82, 2.24) is 15.3 Å². The molecular formula is C23H25N5O2S. The van der Waals surface area contributed by atoms with E-state index in [1.807, 2.05) is 51.1 Å². The number of nitrogens with zero attached hydrogens (tertiary/aromatic N) is 3. The number of anilines is 3. The third-order valence-electron chi connectivity index (χ3n) is 5.43. The molecule has 7 nitrogen and oxygen atoms in total. The van der Waals surface area contributed by atoms with Gasteiger partial charge in [0.1, 0.15) is 17.2 Å². The second-order valence-electron chi connectivity index (χ2n) is 8.59. The third kappa shape index (κ3) is 3.95. The van der Waals surface area contributed by atoms with E-state index in [1.165, 1.54) is 11.3 Å². The molecule has 2 aliphatic heterocycles. The molecule has 4 heterocycles. The van der Waals surface area contributed by atoms with Crippen LogP contribution in [-0.4, -0.2) is 34.6 Å². The zero-order valence-electron chi connectivity index (χ0n) is 17.9. The molecule has 0 saturated heterocycles. The lowest BCUT2D eigenvalue weighted by molar-refractivity contribution is 0.0901. The molecule has 0 radical (unpaired) electrons. The number of rotatable bonds is 4. The van der Waals surface area contributed by atoms with E-state index in [1.54, 1.807) is 0 Å². The molecule has 0 aliphatic carbocycles. The van der Waals surface area contributed by atoms with Gasteiger partial charge in [-0.2, -0.15) is 0 Å². The molecule has 160 valence electrons. The number of ether oxygens (including phenoxy) is 1. The van der Waals surface area contributed by atoms with Crippen LogP contribution in [0.4, 0.5) is 16.5 Å². The van der Waals surface area contributed by atoms with Crippen molar-refractivity contribution in [2.24, 2.45) is 0 Å². The zero-order valence-corrected chi connectivity index (χ0v) is 18.7. The van der Waals surface area contributed by atoms with Crippen molar-refractivity contribution in [3.63, 3.8) is 0 Å². The van der Waals surface area contributed by atoms with E-state index >= 15 is 0 Å². The van der Waals surface area contributed by atoms with Gasteiger partial charge in [0.05, 0.1) is 30.2 Å². The molecule has 0 bridgehead atoms. The molecular weight excluding hydrogens is 410 g/mol. The van der Waals surface area contributed by atoms with E-state index in [0.29, 0.717) is 24.6 Å². The number of thiazole rings is 1. The fraction of sp³-hybridized carbons (Fsp3) is 0.348. The zero-order chi connectivity index (χ0) is 21.6. The molecule has 3 aromatic rings. The summed E-state index contributed by atoms with van der Waals surface area (Å²) in [6.45, 7) is 7.95. The Hall–Kier alpha value is -3.13. The second kappa shape index (κ2) is 7.53. The Morgan fingerprint density at radius 1 is 1.26 bits per heavy atom. The van der Waals surface area contributed by atoms with Crippen LogP contribution in [0.1, 0.15) is 40.6 Å². The number of nitrogens with one attached hydrogen (secondary N) is 2. The highest BCUT2D eigenvalue weighted by molar-refractivity contribution is 7.17. The predicted molar refractivity (Wildman–Crippen MR) is 123 cm³/mol. The summed E-state index contributed by atoms with van der Waals surface area (Å²) in [6, 6.07) is 12.1. The van der Waals surface area contributed by atoms with Crippen LogP contribution in [-0.2, 0) is 13.0 Å². The van der Waals surface area contributed by atoms with E-state index in [2.05, 4.69) is 26.6 Å². The summed E-state index contributed by atoms with van der Waals surface area (Å²) >= 11 is 1.45. The molecule has 1 amide bonds. The topological polar surface area (TPSA) is 79.4 Å². The van der Waals surface area contributed by atoms with Crippen LogP contribution in [0.2, 0.25) is 0 Å². The average Bonchev–Trinajstić information content (AvgIpc) is 3.14. The lowest BCUT2D eigenvalue weighted by Crippen LogP contribution is -2.48. The number of carbonyl (C=O) groups is 1. The van der Waals surface area contributed by atoms with E-state index < -0.39 is 0 Å². The van der Waals surface area contributed by atoms with Crippen molar-refractivity contribution in [1.29, 1.82) is 0 Å². The fourth-order valence-corrected chi connectivity index (χ4v) is 5.01. The van der Waals surface area contributed by atoms with E-state index in [9.17, 15) is 4.79 Å². The standard InChI is InChI=1S/C23H25N5O2S/c1-14-5-4-6-16(25-14)13-24-15-7-8-19-18(11-15)28(9-10-30-19)22-26-17-12-23(2,3)27-21(29)20(17)31-22/h4-8,11,24H,9-10,12-13H2,1-3H3,(H,27,29). The molecule has 5 rings (SSSR count). The minimum absolute atomic E-state index is 0.0374. The summed E-state index contributed by atoms with van der Waals surface area (Å²) in [5.41, 5.74) is 4.54. The van der Waals surface area contributed by atoms with E-state index in [-0.39, 0.29) is 11.4 Å². The number of aromatic nitrogens is 2. The van der Waals surface area contributed by atoms with Gasteiger partial charge in [-0.15, -0.1) is 0 Å². The summed E-state index contributed by atoms with van der Waals surface area (Å²) in [7, 11) is 0. The maximum atomic E-state index is 12.5. The molecule has 0 fully saturated rings. The van der Waals surface area contributed by atoms with Gasteiger partial charge in [-0.25, -0.2) is 4.98 Å². The lowest BCUT2D eigenvalue weighted by Gasteiger charge is -2.30. The van der Waals surface area contributed by atoms with Gasteiger partial charge in [0, 0.05) is 23.3 Å². The second-order valence-corrected chi connectivity index (χ2v) is 9.57. The summed E-state index contributed by atoms with van der Waals surface area (Å²) in [5, 5.41) is 7.35. The van der Waals surface area contributed by atoms with Crippen LogP contribution < -0.4 is 20.3 Å². The number of aryl methyl sites for hydroxylation is 1. The maximum Gasteiger partial charge on any atom is 0.263 e. The minimum Gasteiger partial charge on any atom is -0.490 e. The van der Waals surface area contributed by atoms with Gasteiger partial charge >= 0.3 is 0 Å². The largest absolute Gasteiger partial charge is 0.490 e. The first-order valence-corrected chi connectivity index (χ1v) is 11.2. The quantitative estimate of drug-likeness (QED) is 0.644. The molecule has 1 aromatic carbocycles. The smallest absolute Gasteiger partial charge is 0.263 e. The van der Waals surface area contributed by atoms with Gasteiger partial charge in [-0.05, 0) is 51.1 Å². The van der Waals surface area contributed by atoms with Crippen LogP contribution in [0.3, 0.4) is 0 Å². The lowest BCUT2D eigenvalue weighted by atomic mass is 9.94. The Morgan fingerprint density at radius 2 is 2.13 bits per heavy atom. The first-order chi connectivity index (χ1) is 14.9. The SMILES string of the molecule is Cc1cccc(CNc2ccc3c(c2)N(c2nc4c(s2)C(=O)NC(C)(C)C4)CCO3)n1. The van der Waals surface area contributed by atoms with Crippen molar-refractivity contribution >= 4 is 33.8 Å². The van der Waals surface area contributed by atoms with Crippen LogP contribution >= 0.6 is 11.3 Å². The van der Waals surface area contributed by atoms with Crippen molar-refractivity contribution in [2.75, 3.05) is 23.4 Å². The fourth-order valence-electron chi connectivity index (χ4n) is 4.00. The summed E-state index contributed by atoms with van der Waals surface area (Å²) < 4.78 is 5.88. The Balaban J connectivity index is 1.42. The molecule has 8 heteroatoms. The van der Waals surface area contributed by atoms with E-state index in [0.717, 1.165) is 45.8 Å². The van der Waals surface area contributed by atoms with Crippen molar-refractivity contribution in [2.45, 2.75) is 39.3 Å². The molecule has 2 aromatic heterocycles. The summed E-state index contributed by atoms with van der Waals surface area (Å²) in [6.07, 6.45) is 0.729. The Morgan fingerprint density at radius 3 is 2.97 bits per heavy atom. The van der Waals surface area contributed by atoms with Gasteiger partial charge < -0.3 is 20.3 Å². The van der Waals surface area contributed by atoms with Gasteiger partial charge in [-0.3, -0.25) is 9.78 Å². The van der Waals surface area contributed by atoms with Crippen LogP contribution in [0, 0.1) is 6.92 Å². The number of amides is 1. The van der Waals surface area contributed by atoms with Crippen molar-refractivity contribution < 1.29 is 9.53 Å². The third-order valence-corrected chi connectivity index (χ3v) is 6.55. The number of carbonyl (C=O) groups excluding carboxylic acids is 1. The average molecular weight is 436 g/mol. The van der Waals surface area contributed by atoms with Gasteiger partial charge in [0.25, 0.3) is 5.91 Å². The summed E-state index contributed by atoms with van der Waals surface area (Å²) in [4.78, 5) is 24.8. The highest BCUT2D eigenvalue weighted by Gasteiger charge is 2.34. The summed E-state index contributed by atoms with van der Waals surface area (Å²) in [5.74, 6) is 0.785. The first-order valence-electron chi connectivity index (χ1n) is 10.4. The highest BCUT2D eigenvalue weighted by Crippen LogP contribution is 2.41. The first kappa shape index (κ1) is 19.8. The molecule has 0 unspecified atom stereocenters.